The monoisotopic (exact) mass is 372 g/mol. The Hall–Kier alpha value is -3.06. The van der Waals surface area contributed by atoms with E-state index in [0.717, 1.165) is 0 Å². The van der Waals surface area contributed by atoms with Crippen molar-refractivity contribution in [1.29, 1.82) is 0 Å². The number of nitrogen functional groups attached to an aromatic ring is 1. The standard InChI is InChI=1S/C18H17ClN4O3/c1-22(2)13-9-8-12-15(20)14(18(25)26-3)17(24)23(16(12)21-13)11-6-4-10(19)5-7-11/h4-9H,20H2,1-3H3. The van der Waals surface area contributed by atoms with Crippen molar-refractivity contribution in [2.75, 3.05) is 31.8 Å². The number of ether oxygens (including phenoxy) is 1. The Morgan fingerprint density at radius 1 is 1.19 bits per heavy atom. The van der Waals surface area contributed by atoms with E-state index in [1.807, 2.05) is 14.1 Å². The Morgan fingerprint density at radius 3 is 2.42 bits per heavy atom. The van der Waals surface area contributed by atoms with Crippen LogP contribution < -0.4 is 16.2 Å². The molecule has 7 nitrogen and oxygen atoms in total. The quantitative estimate of drug-likeness (QED) is 0.710. The van der Waals surface area contributed by atoms with Crippen LogP contribution in [0.2, 0.25) is 5.02 Å². The number of esters is 1. The largest absolute Gasteiger partial charge is 0.465 e. The number of rotatable bonds is 3. The highest BCUT2D eigenvalue weighted by atomic mass is 35.5. The first-order chi connectivity index (χ1) is 12.3. The van der Waals surface area contributed by atoms with Crippen LogP contribution in [0.3, 0.4) is 0 Å². The Bertz CT molecular complexity index is 1060. The van der Waals surface area contributed by atoms with Crippen molar-refractivity contribution in [3.63, 3.8) is 0 Å². The van der Waals surface area contributed by atoms with Gasteiger partial charge in [-0.2, -0.15) is 0 Å². The van der Waals surface area contributed by atoms with Crippen LogP contribution >= 0.6 is 11.6 Å². The Labute approximate surface area is 154 Å². The summed E-state index contributed by atoms with van der Waals surface area (Å²) in [5.41, 5.74) is 6.17. The van der Waals surface area contributed by atoms with Gasteiger partial charge < -0.3 is 15.4 Å². The molecule has 3 aromatic rings. The number of carbonyl (C=O) groups excluding carboxylic acids is 1. The molecule has 0 saturated heterocycles. The summed E-state index contributed by atoms with van der Waals surface area (Å²) in [6.07, 6.45) is 0. The molecule has 0 fully saturated rings. The van der Waals surface area contributed by atoms with E-state index in [-0.39, 0.29) is 11.3 Å². The SMILES string of the molecule is COC(=O)c1c(N)c2ccc(N(C)C)nc2n(-c2ccc(Cl)cc2)c1=O. The lowest BCUT2D eigenvalue weighted by atomic mass is 10.1. The van der Waals surface area contributed by atoms with E-state index < -0.39 is 11.5 Å². The minimum Gasteiger partial charge on any atom is -0.465 e. The zero-order valence-corrected chi connectivity index (χ0v) is 15.2. The second kappa shape index (κ2) is 6.68. The first-order valence-corrected chi connectivity index (χ1v) is 8.09. The number of anilines is 2. The average Bonchev–Trinajstić information content (AvgIpc) is 2.62. The molecule has 0 unspecified atom stereocenters. The van der Waals surface area contributed by atoms with Crippen LogP contribution in [-0.2, 0) is 4.74 Å². The van der Waals surface area contributed by atoms with Gasteiger partial charge in [-0.15, -0.1) is 0 Å². The fourth-order valence-electron chi connectivity index (χ4n) is 2.66. The molecule has 2 heterocycles. The molecule has 0 spiro atoms. The maximum Gasteiger partial charge on any atom is 0.345 e. The Balaban J connectivity index is 2.48. The van der Waals surface area contributed by atoms with Gasteiger partial charge in [-0.05, 0) is 36.4 Å². The average molecular weight is 373 g/mol. The topological polar surface area (TPSA) is 90.4 Å². The fraction of sp³-hybridized carbons (Fsp3) is 0.167. The molecule has 3 rings (SSSR count). The Morgan fingerprint density at radius 2 is 1.85 bits per heavy atom. The lowest BCUT2D eigenvalue weighted by Crippen LogP contribution is -2.29. The van der Waals surface area contributed by atoms with Crippen LogP contribution in [0, 0.1) is 0 Å². The van der Waals surface area contributed by atoms with Crippen LogP contribution in [0.25, 0.3) is 16.7 Å². The zero-order valence-electron chi connectivity index (χ0n) is 14.5. The highest BCUT2D eigenvalue weighted by Gasteiger charge is 2.23. The van der Waals surface area contributed by atoms with E-state index in [1.165, 1.54) is 11.7 Å². The second-order valence-electron chi connectivity index (χ2n) is 5.83. The number of hydrogen-bond acceptors (Lipinski definition) is 6. The number of benzene rings is 1. The Kier molecular flexibility index (Phi) is 4.56. The van der Waals surface area contributed by atoms with Gasteiger partial charge in [0.2, 0.25) is 0 Å². The van der Waals surface area contributed by atoms with Gasteiger partial charge in [0.25, 0.3) is 5.56 Å². The van der Waals surface area contributed by atoms with Crippen molar-refractivity contribution in [3.8, 4) is 5.69 Å². The lowest BCUT2D eigenvalue weighted by molar-refractivity contribution is 0.0600. The van der Waals surface area contributed by atoms with Crippen molar-refractivity contribution in [1.82, 2.24) is 9.55 Å². The molecule has 0 aliphatic rings. The molecule has 0 bridgehead atoms. The first-order valence-electron chi connectivity index (χ1n) is 7.72. The predicted molar refractivity (Wildman–Crippen MR) is 102 cm³/mol. The highest BCUT2D eigenvalue weighted by molar-refractivity contribution is 6.30. The molecular weight excluding hydrogens is 356 g/mol. The number of nitrogens with two attached hydrogens (primary N) is 1. The molecule has 0 radical (unpaired) electrons. The van der Waals surface area contributed by atoms with Gasteiger partial charge >= 0.3 is 5.97 Å². The van der Waals surface area contributed by atoms with Gasteiger partial charge in [-0.25, -0.2) is 9.78 Å². The van der Waals surface area contributed by atoms with Crippen LogP contribution in [-0.4, -0.2) is 36.7 Å². The molecule has 26 heavy (non-hydrogen) atoms. The van der Waals surface area contributed by atoms with Crippen LogP contribution in [0.4, 0.5) is 11.5 Å². The molecule has 1 aromatic carbocycles. The van der Waals surface area contributed by atoms with E-state index in [1.54, 1.807) is 41.3 Å². The molecule has 2 aromatic heterocycles. The van der Waals surface area contributed by atoms with Crippen molar-refractivity contribution in [2.45, 2.75) is 0 Å². The summed E-state index contributed by atoms with van der Waals surface area (Å²) in [6, 6.07) is 10.1. The molecule has 0 atom stereocenters. The molecule has 0 amide bonds. The van der Waals surface area contributed by atoms with Crippen molar-refractivity contribution in [2.24, 2.45) is 0 Å². The minimum atomic E-state index is -0.797. The maximum absolute atomic E-state index is 13.1. The third-order valence-electron chi connectivity index (χ3n) is 3.98. The van der Waals surface area contributed by atoms with E-state index in [0.29, 0.717) is 27.6 Å². The number of pyridine rings is 2. The van der Waals surface area contributed by atoms with Crippen LogP contribution in [0.15, 0.2) is 41.2 Å². The number of methoxy groups -OCH3 is 1. The first kappa shape index (κ1) is 17.8. The number of carbonyl (C=O) groups is 1. The minimum absolute atomic E-state index is 0.0415. The second-order valence-corrected chi connectivity index (χ2v) is 6.27. The molecule has 134 valence electrons. The number of hydrogen-bond donors (Lipinski definition) is 1. The van der Waals surface area contributed by atoms with E-state index in [4.69, 9.17) is 22.1 Å². The maximum atomic E-state index is 13.1. The third kappa shape index (κ3) is 2.86. The summed E-state index contributed by atoms with van der Waals surface area (Å²) in [4.78, 5) is 31.6. The lowest BCUT2D eigenvalue weighted by Gasteiger charge is -2.17. The number of nitrogens with zero attached hydrogens (tertiary/aromatic N) is 3. The van der Waals surface area contributed by atoms with Crippen molar-refractivity contribution in [3.05, 3.63) is 57.3 Å². The summed E-state index contributed by atoms with van der Waals surface area (Å²) >= 11 is 5.95. The summed E-state index contributed by atoms with van der Waals surface area (Å²) < 4.78 is 6.07. The smallest absolute Gasteiger partial charge is 0.345 e. The van der Waals surface area contributed by atoms with E-state index in [2.05, 4.69) is 4.98 Å². The molecule has 8 heteroatoms. The van der Waals surface area contributed by atoms with Gasteiger partial charge in [0.15, 0.2) is 5.65 Å². The summed E-state index contributed by atoms with van der Waals surface area (Å²) in [6.45, 7) is 0. The van der Waals surface area contributed by atoms with Gasteiger partial charge in [0.05, 0.1) is 18.5 Å². The van der Waals surface area contributed by atoms with Crippen LogP contribution in [0.5, 0.6) is 0 Å². The van der Waals surface area contributed by atoms with Crippen molar-refractivity contribution >= 4 is 40.1 Å². The highest BCUT2D eigenvalue weighted by Crippen LogP contribution is 2.26. The number of aromatic nitrogens is 2. The van der Waals surface area contributed by atoms with Crippen molar-refractivity contribution < 1.29 is 9.53 Å². The predicted octanol–water partition coefficient (Wildman–Crippen LogP) is 2.47. The molecular formula is C18H17ClN4O3. The molecule has 0 saturated carbocycles. The molecule has 0 aliphatic carbocycles. The fourth-order valence-corrected chi connectivity index (χ4v) is 2.78. The summed E-state index contributed by atoms with van der Waals surface area (Å²) in [7, 11) is 4.88. The zero-order chi connectivity index (χ0) is 19.0. The van der Waals surface area contributed by atoms with Gasteiger partial charge in [0.1, 0.15) is 11.4 Å². The third-order valence-corrected chi connectivity index (χ3v) is 4.23. The van der Waals surface area contributed by atoms with Gasteiger partial charge in [-0.1, -0.05) is 11.6 Å². The summed E-state index contributed by atoms with van der Waals surface area (Å²) in [5, 5.41) is 1.00. The van der Waals surface area contributed by atoms with E-state index in [9.17, 15) is 9.59 Å². The summed E-state index contributed by atoms with van der Waals surface area (Å²) in [5.74, 6) is -0.154. The van der Waals surface area contributed by atoms with Crippen LogP contribution in [0.1, 0.15) is 10.4 Å². The molecule has 0 aliphatic heterocycles. The number of halogens is 1. The number of fused-ring (bicyclic) bond motifs is 1. The molecule has 2 N–H and O–H groups in total. The van der Waals surface area contributed by atoms with E-state index >= 15 is 0 Å². The normalized spacial score (nSPS) is 10.8. The van der Waals surface area contributed by atoms with Gasteiger partial charge in [0, 0.05) is 24.5 Å². The van der Waals surface area contributed by atoms with Gasteiger partial charge in [-0.3, -0.25) is 9.36 Å².